The van der Waals surface area contributed by atoms with Crippen LogP contribution < -0.4 is 24.8 Å². The molecule has 0 spiro atoms. The van der Waals surface area contributed by atoms with E-state index >= 15 is 0 Å². The van der Waals surface area contributed by atoms with Crippen LogP contribution in [0.2, 0.25) is 0 Å². The molecule has 0 amide bonds. The molecule has 0 radical (unpaired) electrons. The summed E-state index contributed by atoms with van der Waals surface area (Å²) < 4.78 is 31.7. The maximum absolute atomic E-state index is 14.3. The number of ether oxygens (including phenoxy) is 3. The number of allylic oxidation sites excluding steroid dienone is 1. The predicted molar refractivity (Wildman–Crippen MR) is 174 cm³/mol. The van der Waals surface area contributed by atoms with E-state index in [1.807, 2.05) is 49.4 Å². The van der Waals surface area contributed by atoms with Crippen LogP contribution in [-0.2, 0) is 4.57 Å². The van der Waals surface area contributed by atoms with Crippen LogP contribution >= 0.6 is 7.14 Å². The summed E-state index contributed by atoms with van der Waals surface area (Å²) in [6, 6.07) is 18.4. The quantitative estimate of drug-likeness (QED) is 0.0488. The highest BCUT2D eigenvalue weighted by Crippen LogP contribution is 2.53. The first-order valence-corrected chi connectivity index (χ1v) is 17.5. The Morgan fingerprint density at radius 1 is 0.714 bits per heavy atom. The van der Waals surface area contributed by atoms with Gasteiger partial charge in [0.15, 0.2) is 0 Å². The van der Waals surface area contributed by atoms with Crippen molar-refractivity contribution in [3.05, 3.63) is 78.9 Å². The molecule has 0 saturated heterocycles. The Hall–Kier alpha value is -3.30. The molecular weight excluding hydrogens is 543 g/mol. The van der Waals surface area contributed by atoms with Crippen LogP contribution in [0.25, 0.3) is 11.1 Å². The number of benzene rings is 3. The average Bonchev–Trinajstić information content (AvgIpc) is 3.26. The van der Waals surface area contributed by atoms with Crippen molar-refractivity contribution in [1.29, 1.82) is 0 Å². The standard InChI is InChI=1S/C36H45O5P/c1-4-7-9-10-11-12-13-14-15-25-39-29-17-19-30(20-18-29)41-36(37)28-16-22-32-33-23-21-31(40-24-8-5-2)27-35(33)42(38,6-3)34(32)26-28/h4,16-23,26-27H,1,5-15,24-25H2,2-3H3. The summed E-state index contributed by atoms with van der Waals surface area (Å²) >= 11 is 0. The Balaban J connectivity index is 1.30. The summed E-state index contributed by atoms with van der Waals surface area (Å²) in [4.78, 5) is 13.1. The molecule has 1 atom stereocenters. The van der Waals surface area contributed by atoms with E-state index in [0.29, 0.717) is 30.7 Å². The van der Waals surface area contributed by atoms with Crippen LogP contribution in [0.15, 0.2) is 73.3 Å². The molecule has 0 N–H and O–H groups in total. The lowest BCUT2D eigenvalue weighted by Gasteiger charge is -2.14. The van der Waals surface area contributed by atoms with Crippen molar-refractivity contribution >= 4 is 23.7 Å². The largest absolute Gasteiger partial charge is 0.494 e. The van der Waals surface area contributed by atoms with Gasteiger partial charge in [-0.1, -0.05) is 64.5 Å². The minimum Gasteiger partial charge on any atom is -0.494 e. The molecule has 5 nitrogen and oxygen atoms in total. The Morgan fingerprint density at radius 2 is 1.29 bits per heavy atom. The molecule has 6 heteroatoms. The number of carbonyl (C=O) groups is 1. The van der Waals surface area contributed by atoms with Crippen molar-refractivity contribution in [1.82, 2.24) is 0 Å². The van der Waals surface area contributed by atoms with Crippen LogP contribution in [0.5, 0.6) is 17.2 Å². The highest BCUT2D eigenvalue weighted by Gasteiger charge is 2.38. The summed E-state index contributed by atoms with van der Waals surface area (Å²) in [7, 11) is -2.89. The molecular formula is C36H45O5P. The third kappa shape index (κ3) is 7.95. The molecule has 0 saturated carbocycles. The maximum Gasteiger partial charge on any atom is 0.343 e. The highest BCUT2D eigenvalue weighted by atomic mass is 31.2. The Labute approximate surface area is 251 Å². The molecule has 0 aliphatic carbocycles. The second kappa shape index (κ2) is 15.8. The summed E-state index contributed by atoms with van der Waals surface area (Å²) in [5.74, 6) is 1.47. The van der Waals surface area contributed by atoms with Crippen molar-refractivity contribution in [3.8, 4) is 28.4 Å². The van der Waals surface area contributed by atoms with E-state index in [4.69, 9.17) is 14.2 Å². The first-order valence-electron chi connectivity index (χ1n) is 15.6. The summed E-state index contributed by atoms with van der Waals surface area (Å²) in [6.07, 6.45) is 14.2. The number of fused-ring (bicyclic) bond motifs is 3. The van der Waals surface area contributed by atoms with Crippen molar-refractivity contribution in [2.45, 2.75) is 78.1 Å². The zero-order valence-electron chi connectivity index (χ0n) is 25.2. The molecule has 3 aromatic rings. The molecule has 224 valence electrons. The van der Waals surface area contributed by atoms with Crippen molar-refractivity contribution in [3.63, 3.8) is 0 Å². The summed E-state index contributed by atoms with van der Waals surface area (Å²) in [5, 5.41) is 1.53. The van der Waals surface area contributed by atoms with E-state index in [-0.39, 0.29) is 0 Å². The number of esters is 1. The number of unbranched alkanes of at least 4 members (excludes halogenated alkanes) is 8. The molecule has 0 bridgehead atoms. The summed E-state index contributed by atoms with van der Waals surface area (Å²) in [5.41, 5.74) is 2.25. The predicted octanol–water partition coefficient (Wildman–Crippen LogP) is 9.08. The van der Waals surface area contributed by atoms with Crippen LogP contribution in [0.1, 0.15) is 88.4 Å². The molecule has 1 heterocycles. The molecule has 4 rings (SSSR count). The molecule has 1 aliphatic rings. The molecule has 1 aliphatic heterocycles. The normalized spacial score (nSPS) is 15.1. The number of carbonyl (C=O) groups excluding carboxylic acids is 1. The van der Waals surface area contributed by atoms with E-state index in [9.17, 15) is 9.36 Å². The average molecular weight is 589 g/mol. The number of rotatable bonds is 18. The third-order valence-corrected chi connectivity index (χ3v) is 11.0. The fourth-order valence-corrected chi connectivity index (χ4v) is 8.14. The Bertz CT molecular complexity index is 1380. The van der Waals surface area contributed by atoms with E-state index < -0.39 is 13.1 Å². The first-order chi connectivity index (χ1) is 20.5. The molecule has 0 fully saturated rings. The van der Waals surface area contributed by atoms with Gasteiger partial charge < -0.3 is 18.8 Å². The molecule has 1 unspecified atom stereocenters. The monoisotopic (exact) mass is 588 g/mol. The van der Waals surface area contributed by atoms with Crippen LogP contribution in [0.3, 0.4) is 0 Å². The van der Waals surface area contributed by atoms with Crippen molar-refractivity contribution < 1.29 is 23.6 Å². The second-order valence-corrected chi connectivity index (χ2v) is 14.0. The van der Waals surface area contributed by atoms with Gasteiger partial charge in [0.05, 0.1) is 18.8 Å². The van der Waals surface area contributed by atoms with Gasteiger partial charge in [0, 0.05) is 16.8 Å². The zero-order chi connectivity index (χ0) is 29.8. The van der Waals surface area contributed by atoms with Crippen molar-refractivity contribution in [2.24, 2.45) is 0 Å². The number of hydrogen-bond acceptors (Lipinski definition) is 5. The number of hydrogen-bond donors (Lipinski definition) is 0. The zero-order valence-corrected chi connectivity index (χ0v) is 26.1. The van der Waals surface area contributed by atoms with Gasteiger partial charge in [0.1, 0.15) is 24.4 Å². The van der Waals surface area contributed by atoms with E-state index in [1.165, 1.54) is 38.5 Å². The lowest BCUT2D eigenvalue weighted by atomic mass is 10.0. The van der Waals surface area contributed by atoms with Gasteiger partial charge in [0.25, 0.3) is 0 Å². The van der Waals surface area contributed by atoms with Gasteiger partial charge in [-0.2, -0.15) is 0 Å². The topological polar surface area (TPSA) is 61.8 Å². The van der Waals surface area contributed by atoms with Crippen molar-refractivity contribution in [2.75, 3.05) is 19.4 Å². The Kier molecular flexibility index (Phi) is 11.9. The van der Waals surface area contributed by atoms with Gasteiger partial charge in [-0.3, -0.25) is 0 Å². The smallest absolute Gasteiger partial charge is 0.343 e. The van der Waals surface area contributed by atoms with Gasteiger partial charge in [-0.05, 0) is 91.4 Å². The second-order valence-electron chi connectivity index (χ2n) is 10.9. The van der Waals surface area contributed by atoms with Crippen LogP contribution in [0.4, 0.5) is 0 Å². The van der Waals surface area contributed by atoms with Gasteiger partial charge in [-0.25, -0.2) is 4.79 Å². The van der Waals surface area contributed by atoms with E-state index in [1.54, 1.807) is 24.3 Å². The van der Waals surface area contributed by atoms with Gasteiger partial charge in [-0.15, -0.1) is 6.58 Å². The fraction of sp³-hybridized carbons (Fsp3) is 0.417. The van der Waals surface area contributed by atoms with E-state index in [0.717, 1.165) is 58.9 Å². The van der Waals surface area contributed by atoms with E-state index in [2.05, 4.69) is 13.5 Å². The fourth-order valence-electron chi connectivity index (χ4n) is 5.35. The lowest BCUT2D eigenvalue weighted by molar-refractivity contribution is 0.0734. The SMILES string of the molecule is C=CCCCCCCCCCOc1ccc(OC(=O)c2ccc3c(c2)P(=O)(CC)c2cc(OCCCC)ccc2-3)cc1. The molecule has 0 aromatic heterocycles. The van der Waals surface area contributed by atoms with Crippen LogP contribution in [-0.4, -0.2) is 25.3 Å². The van der Waals surface area contributed by atoms with Gasteiger partial charge in [0.2, 0.25) is 0 Å². The lowest BCUT2D eigenvalue weighted by Crippen LogP contribution is -2.15. The third-order valence-electron chi connectivity index (χ3n) is 7.84. The maximum atomic E-state index is 14.3. The van der Waals surface area contributed by atoms with Gasteiger partial charge >= 0.3 is 5.97 Å². The molecule has 42 heavy (non-hydrogen) atoms. The molecule has 3 aromatic carbocycles. The Morgan fingerprint density at radius 3 is 1.98 bits per heavy atom. The van der Waals surface area contributed by atoms with Crippen LogP contribution in [0, 0.1) is 0 Å². The highest BCUT2D eigenvalue weighted by molar-refractivity contribution is 7.79. The first kappa shape index (κ1) is 31.6. The summed E-state index contributed by atoms with van der Waals surface area (Å²) in [6.45, 7) is 9.14. The minimum absolute atomic E-state index is 0.385. The minimum atomic E-state index is -2.89.